The number of nitrogen functional groups attached to an aromatic ring is 1. The molecule has 3 aromatic carbocycles. The molecular weight excluding hydrogens is 511 g/mol. The zero-order valence-electron chi connectivity index (χ0n) is 20.7. The number of nitrogens with two attached hydrogens (primary N) is 1. The van der Waals surface area contributed by atoms with Gasteiger partial charge < -0.3 is 24.8 Å². The summed E-state index contributed by atoms with van der Waals surface area (Å²) in [6.45, 7) is 2.82. The molecule has 1 fully saturated rings. The molecule has 0 spiro atoms. The second-order valence-electron chi connectivity index (χ2n) is 9.21. The van der Waals surface area contributed by atoms with Crippen LogP contribution in [0.5, 0.6) is 23.0 Å². The van der Waals surface area contributed by atoms with Crippen LogP contribution in [0.25, 0.3) is 22.3 Å². The van der Waals surface area contributed by atoms with Gasteiger partial charge in [-0.25, -0.2) is 9.97 Å². The first-order chi connectivity index (χ1) is 17.9. The Bertz CT molecular complexity index is 1410. The highest BCUT2D eigenvalue weighted by atomic mass is 35.5. The van der Waals surface area contributed by atoms with Crippen LogP contribution < -0.4 is 19.9 Å². The van der Waals surface area contributed by atoms with Crippen molar-refractivity contribution in [1.82, 2.24) is 14.9 Å². The number of piperidine rings is 1. The summed E-state index contributed by atoms with van der Waals surface area (Å²) in [4.78, 5) is 11.7. The van der Waals surface area contributed by atoms with Crippen molar-refractivity contribution in [3.8, 4) is 34.4 Å². The standard InChI is InChI=1S/C28H28Cl2N4O3/c1-34-11-9-17(10-12-34)16-36-26-15-23-21(14-25(26)35-2)27(31)33-28(32-23)18-3-6-20(7-4-18)37-24-8-5-19(29)13-22(24)30/h3-8,13-15,17H,9-12,16H2,1-2H3,(H2,31,32,33). The maximum Gasteiger partial charge on any atom is 0.163 e. The molecule has 1 aromatic heterocycles. The molecule has 4 aromatic rings. The molecule has 1 aliphatic heterocycles. The molecule has 0 atom stereocenters. The lowest BCUT2D eigenvalue weighted by atomic mass is 9.98. The topological polar surface area (TPSA) is 82.7 Å². The Kier molecular flexibility index (Phi) is 7.55. The number of likely N-dealkylation sites (tertiary alicyclic amines) is 1. The van der Waals surface area contributed by atoms with Gasteiger partial charge >= 0.3 is 0 Å². The molecule has 0 bridgehead atoms. The van der Waals surface area contributed by atoms with Crippen LogP contribution in [-0.4, -0.2) is 48.7 Å². The van der Waals surface area contributed by atoms with Gasteiger partial charge in [-0.15, -0.1) is 0 Å². The summed E-state index contributed by atoms with van der Waals surface area (Å²) in [7, 11) is 3.77. The van der Waals surface area contributed by atoms with Gasteiger partial charge in [0.25, 0.3) is 0 Å². The Morgan fingerprint density at radius 2 is 1.70 bits per heavy atom. The van der Waals surface area contributed by atoms with E-state index in [0.29, 0.717) is 68.1 Å². The third-order valence-electron chi connectivity index (χ3n) is 6.56. The molecule has 2 heterocycles. The normalized spacial score (nSPS) is 14.6. The molecule has 37 heavy (non-hydrogen) atoms. The molecule has 0 radical (unpaired) electrons. The summed E-state index contributed by atoms with van der Waals surface area (Å²) >= 11 is 12.2. The molecule has 1 aliphatic rings. The molecule has 5 rings (SSSR count). The van der Waals surface area contributed by atoms with Gasteiger partial charge in [-0.3, -0.25) is 0 Å². The number of hydrogen-bond acceptors (Lipinski definition) is 7. The summed E-state index contributed by atoms with van der Waals surface area (Å²) in [6.07, 6.45) is 2.24. The van der Waals surface area contributed by atoms with Gasteiger partial charge in [-0.1, -0.05) is 23.2 Å². The van der Waals surface area contributed by atoms with Crippen LogP contribution in [0.4, 0.5) is 5.82 Å². The van der Waals surface area contributed by atoms with E-state index < -0.39 is 0 Å². The third-order valence-corrected chi connectivity index (χ3v) is 7.09. The molecule has 192 valence electrons. The van der Waals surface area contributed by atoms with Gasteiger partial charge in [0.1, 0.15) is 17.3 Å². The number of halogens is 2. The SMILES string of the molecule is COc1cc2c(N)nc(-c3ccc(Oc4ccc(Cl)cc4Cl)cc3)nc2cc1OCC1CCN(C)CC1. The lowest BCUT2D eigenvalue weighted by Crippen LogP contribution is -2.32. The Morgan fingerprint density at radius 1 is 0.946 bits per heavy atom. The first-order valence-electron chi connectivity index (χ1n) is 12.1. The molecule has 0 aliphatic carbocycles. The minimum absolute atomic E-state index is 0.369. The number of benzene rings is 3. The molecule has 0 amide bonds. The van der Waals surface area contributed by atoms with Crippen LogP contribution in [0.1, 0.15) is 12.8 Å². The van der Waals surface area contributed by atoms with Crippen molar-refractivity contribution < 1.29 is 14.2 Å². The molecule has 7 nitrogen and oxygen atoms in total. The summed E-state index contributed by atoms with van der Waals surface area (Å²) in [6, 6.07) is 16.2. The second kappa shape index (κ2) is 11.0. The van der Waals surface area contributed by atoms with Crippen molar-refractivity contribution in [3.05, 3.63) is 64.6 Å². The fraction of sp³-hybridized carbons (Fsp3) is 0.286. The average Bonchev–Trinajstić information content (AvgIpc) is 2.90. The minimum atomic E-state index is 0.369. The van der Waals surface area contributed by atoms with E-state index in [1.54, 1.807) is 25.3 Å². The lowest BCUT2D eigenvalue weighted by Gasteiger charge is -2.28. The lowest BCUT2D eigenvalue weighted by molar-refractivity contribution is 0.157. The number of nitrogens with zero attached hydrogens (tertiary/aromatic N) is 3. The van der Waals surface area contributed by atoms with Crippen molar-refractivity contribution in [2.24, 2.45) is 5.92 Å². The van der Waals surface area contributed by atoms with Gasteiger partial charge in [0.05, 0.1) is 24.3 Å². The second-order valence-corrected chi connectivity index (χ2v) is 10.1. The quantitative estimate of drug-likeness (QED) is 0.280. The monoisotopic (exact) mass is 538 g/mol. The van der Waals surface area contributed by atoms with Crippen molar-refractivity contribution in [2.45, 2.75) is 12.8 Å². The Balaban J connectivity index is 1.38. The van der Waals surface area contributed by atoms with E-state index in [-0.39, 0.29) is 0 Å². The van der Waals surface area contributed by atoms with Crippen molar-refractivity contribution in [2.75, 3.05) is 39.6 Å². The number of anilines is 1. The van der Waals surface area contributed by atoms with Crippen molar-refractivity contribution in [3.63, 3.8) is 0 Å². The number of ether oxygens (including phenoxy) is 3. The highest BCUT2D eigenvalue weighted by molar-refractivity contribution is 6.35. The van der Waals surface area contributed by atoms with Crippen LogP contribution in [0, 0.1) is 5.92 Å². The zero-order chi connectivity index (χ0) is 25.9. The van der Waals surface area contributed by atoms with Gasteiger partial charge in [0.2, 0.25) is 0 Å². The van der Waals surface area contributed by atoms with Gasteiger partial charge in [0.15, 0.2) is 17.3 Å². The largest absolute Gasteiger partial charge is 0.493 e. The maximum absolute atomic E-state index is 6.33. The maximum atomic E-state index is 6.33. The third kappa shape index (κ3) is 5.85. The highest BCUT2D eigenvalue weighted by Gasteiger charge is 2.19. The first-order valence-corrected chi connectivity index (χ1v) is 12.8. The fourth-order valence-electron chi connectivity index (χ4n) is 4.36. The summed E-state index contributed by atoms with van der Waals surface area (Å²) < 4.78 is 17.7. The van der Waals surface area contributed by atoms with E-state index in [9.17, 15) is 0 Å². The molecule has 0 saturated carbocycles. The predicted molar refractivity (Wildman–Crippen MR) is 148 cm³/mol. The van der Waals surface area contributed by atoms with Crippen LogP contribution >= 0.6 is 23.2 Å². The molecular formula is C28H28Cl2N4O3. The van der Waals surface area contributed by atoms with Crippen LogP contribution in [-0.2, 0) is 0 Å². The fourth-order valence-corrected chi connectivity index (χ4v) is 4.80. The van der Waals surface area contributed by atoms with Gasteiger partial charge in [-0.2, -0.15) is 0 Å². The van der Waals surface area contributed by atoms with Crippen LogP contribution in [0.3, 0.4) is 0 Å². The zero-order valence-corrected chi connectivity index (χ0v) is 22.2. The Labute approximate surface area is 226 Å². The first kappa shape index (κ1) is 25.4. The van der Waals surface area contributed by atoms with Crippen LogP contribution in [0.15, 0.2) is 54.6 Å². The number of methoxy groups -OCH3 is 1. The number of fused-ring (bicyclic) bond motifs is 1. The number of aromatic nitrogens is 2. The minimum Gasteiger partial charge on any atom is -0.493 e. The molecule has 2 N–H and O–H groups in total. The van der Waals surface area contributed by atoms with E-state index in [4.69, 9.17) is 48.1 Å². The highest BCUT2D eigenvalue weighted by Crippen LogP contribution is 2.36. The molecule has 1 saturated heterocycles. The molecule has 9 heteroatoms. The van der Waals surface area contributed by atoms with Crippen molar-refractivity contribution in [1.29, 1.82) is 0 Å². The average molecular weight is 539 g/mol. The van der Waals surface area contributed by atoms with Crippen molar-refractivity contribution >= 4 is 39.9 Å². The summed E-state index contributed by atoms with van der Waals surface area (Å²) in [5, 5.41) is 1.70. The molecule has 0 unspecified atom stereocenters. The van der Waals surface area contributed by atoms with Gasteiger partial charge in [0, 0.05) is 22.0 Å². The van der Waals surface area contributed by atoms with E-state index in [1.165, 1.54) is 0 Å². The van der Waals surface area contributed by atoms with Crippen LogP contribution in [0.2, 0.25) is 10.0 Å². The Morgan fingerprint density at radius 3 is 2.41 bits per heavy atom. The summed E-state index contributed by atoms with van der Waals surface area (Å²) in [5.41, 5.74) is 7.82. The number of rotatable bonds is 7. The van der Waals surface area contributed by atoms with E-state index in [1.807, 2.05) is 36.4 Å². The summed E-state index contributed by atoms with van der Waals surface area (Å²) in [5.74, 6) is 3.81. The van der Waals surface area contributed by atoms with E-state index >= 15 is 0 Å². The number of hydrogen-bond donors (Lipinski definition) is 1. The Hall–Kier alpha value is -3.26. The predicted octanol–water partition coefficient (Wildman–Crippen LogP) is 6.71. The van der Waals surface area contributed by atoms with E-state index in [2.05, 4.69) is 16.9 Å². The van der Waals surface area contributed by atoms with Gasteiger partial charge in [-0.05, 0) is 87.4 Å². The van der Waals surface area contributed by atoms with E-state index in [0.717, 1.165) is 31.5 Å². The smallest absolute Gasteiger partial charge is 0.163 e.